The van der Waals surface area contributed by atoms with Gasteiger partial charge in [-0.25, -0.2) is 0 Å². The Kier molecular flexibility index (Phi) is 2.92. The number of phenols is 1. The van der Waals surface area contributed by atoms with Crippen LogP contribution in [0.1, 0.15) is 5.69 Å². The maximum Gasteiger partial charge on any atom is 0.115 e. The predicted octanol–water partition coefficient (Wildman–Crippen LogP) is 1.29. The van der Waals surface area contributed by atoms with Crippen molar-refractivity contribution in [1.82, 2.24) is 9.78 Å². The first-order valence-electron chi connectivity index (χ1n) is 5.22. The van der Waals surface area contributed by atoms with Crippen LogP contribution in [0.25, 0.3) is 11.1 Å². The summed E-state index contributed by atoms with van der Waals surface area (Å²) in [5.74, 6) is 0.271. The van der Waals surface area contributed by atoms with E-state index >= 15 is 0 Å². The van der Waals surface area contributed by atoms with E-state index in [1.54, 1.807) is 12.1 Å². The summed E-state index contributed by atoms with van der Waals surface area (Å²) in [4.78, 5) is 0. The smallest absolute Gasteiger partial charge is 0.115 e. The van der Waals surface area contributed by atoms with E-state index in [0.29, 0.717) is 6.54 Å². The maximum atomic E-state index is 9.24. The molecule has 1 aromatic carbocycles. The molecule has 1 heterocycles. The summed E-state index contributed by atoms with van der Waals surface area (Å²) in [6, 6.07) is 7.11. The van der Waals surface area contributed by atoms with Gasteiger partial charge in [-0.1, -0.05) is 12.1 Å². The van der Waals surface area contributed by atoms with Crippen LogP contribution in [0.4, 0.5) is 0 Å². The van der Waals surface area contributed by atoms with Gasteiger partial charge in [-0.2, -0.15) is 5.10 Å². The van der Waals surface area contributed by atoms with Crippen molar-refractivity contribution in [3.63, 3.8) is 0 Å². The van der Waals surface area contributed by atoms with E-state index < -0.39 is 0 Å². The molecule has 0 amide bonds. The number of nitrogens with zero attached hydrogens (tertiary/aromatic N) is 2. The van der Waals surface area contributed by atoms with E-state index in [2.05, 4.69) is 5.10 Å². The average Bonchev–Trinajstić information content (AvgIpc) is 2.63. The normalized spacial score (nSPS) is 10.6. The molecule has 4 nitrogen and oxygen atoms in total. The maximum absolute atomic E-state index is 9.24. The highest BCUT2D eigenvalue weighted by molar-refractivity contribution is 5.66. The van der Waals surface area contributed by atoms with Gasteiger partial charge in [-0.15, -0.1) is 0 Å². The highest BCUT2D eigenvalue weighted by Gasteiger charge is 2.09. The van der Waals surface area contributed by atoms with Gasteiger partial charge in [0.05, 0.1) is 6.20 Å². The lowest BCUT2D eigenvalue weighted by Gasteiger charge is -2.05. The molecule has 2 aromatic rings. The third kappa shape index (κ3) is 1.92. The molecule has 0 radical (unpaired) electrons. The van der Waals surface area contributed by atoms with E-state index in [4.69, 9.17) is 5.73 Å². The van der Waals surface area contributed by atoms with Gasteiger partial charge < -0.3 is 10.8 Å². The molecule has 0 saturated carbocycles. The van der Waals surface area contributed by atoms with Crippen molar-refractivity contribution in [2.45, 2.75) is 6.42 Å². The Hall–Kier alpha value is -1.81. The lowest BCUT2D eigenvalue weighted by Crippen LogP contribution is -2.08. The van der Waals surface area contributed by atoms with E-state index in [1.807, 2.05) is 30.1 Å². The fraction of sp³-hybridized carbons (Fsp3) is 0.250. The van der Waals surface area contributed by atoms with Crippen LogP contribution in [0.2, 0.25) is 0 Å². The Morgan fingerprint density at radius 1 is 1.31 bits per heavy atom. The van der Waals surface area contributed by atoms with Crippen LogP contribution in [0.3, 0.4) is 0 Å². The fourth-order valence-electron chi connectivity index (χ4n) is 1.78. The summed E-state index contributed by atoms with van der Waals surface area (Å²) >= 11 is 0. The minimum atomic E-state index is 0.271. The quantitative estimate of drug-likeness (QED) is 0.814. The Balaban J connectivity index is 2.43. The van der Waals surface area contributed by atoms with Gasteiger partial charge in [-0.3, -0.25) is 4.68 Å². The van der Waals surface area contributed by atoms with E-state index in [1.165, 1.54) is 0 Å². The summed E-state index contributed by atoms with van der Waals surface area (Å²) in [6.45, 7) is 0.602. The first-order chi connectivity index (χ1) is 7.72. The minimum Gasteiger partial charge on any atom is -0.508 e. The third-order valence-electron chi connectivity index (χ3n) is 2.62. The van der Waals surface area contributed by atoms with Crippen molar-refractivity contribution in [2.24, 2.45) is 12.8 Å². The molecule has 16 heavy (non-hydrogen) atoms. The van der Waals surface area contributed by atoms with Crippen LogP contribution in [-0.4, -0.2) is 21.4 Å². The molecule has 4 heteroatoms. The molecule has 1 aromatic heterocycles. The molecular weight excluding hydrogens is 202 g/mol. The van der Waals surface area contributed by atoms with Crippen LogP contribution in [0.5, 0.6) is 5.75 Å². The number of aryl methyl sites for hydroxylation is 1. The Bertz CT molecular complexity index is 474. The number of nitrogens with two attached hydrogens (primary N) is 1. The zero-order valence-electron chi connectivity index (χ0n) is 9.22. The molecule has 0 aliphatic rings. The van der Waals surface area contributed by atoms with Crippen molar-refractivity contribution >= 4 is 0 Å². The van der Waals surface area contributed by atoms with Gasteiger partial charge in [0.25, 0.3) is 0 Å². The fourth-order valence-corrected chi connectivity index (χ4v) is 1.78. The number of hydrogen-bond donors (Lipinski definition) is 2. The summed E-state index contributed by atoms with van der Waals surface area (Å²) in [7, 11) is 1.91. The van der Waals surface area contributed by atoms with Crippen molar-refractivity contribution in [1.29, 1.82) is 0 Å². The number of aromatic nitrogens is 2. The van der Waals surface area contributed by atoms with Gasteiger partial charge in [-0.05, 0) is 24.2 Å². The highest BCUT2D eigenvalue weighted by atomic mass is 16.3. The molecule has 0 unspecified atom stereocenters. The monoisotopic (exact) mass is 217 g/mol. The van der Waals surface area contributed by atoms with Gasteiger partial charge >= 0.3 is 0 Å². The number of hydrogen-bond acceptors (Lipinski definition) is 3. The van der Waals surface area contributed by atoms with Crippen LogP contribution in [0.15, 0.2) is 30.5 Å². The second-order valence-corrected chi connectivity index (χ2v) is 3.71. The highest BCUT2D eigenvalue weighted by Crippen LogP contribution is 2.25. The Morgan fingerprint density at radius 3 is 2.62 bits per heavy atom. The second kappa shape index (κ2) is 4.37. The van der Waals surface area contributed by atoms with Crippen molar-refractivity contribution < 1.29 is 5.11 Å². The summed E-state index contributed by atoms with van der Waals surface area (Å²) in [5.41, 5.74) is 8.82. The second-order valence-electron chi connectivity index (χ2n) is 3.71. The molecule has 0 fully saturated rings. The molecular formula is C12H15N3O. The first-order valence-corrected chi connectivity index (χ1v) is 5.22. The molecule has 0 bridgehead atoms. The molecule has 0 saturated heterocycles. The lowest BCUT2D eigenvalue weighted by atomic mass is 10.0. The van der Waals surface area contributed by atoms with E-state index in [0.717, 1.165) is 23.2 Å². The molecule has 0 atom stereocenters. The van der Waals surface area contributed by atoms with Crippen LogP contribution in [-0.2, 0) is 13.5 Å². The zero-order valence-corrected chi connectivity index (χ0v) is 9.22. The Morgan fingerprint density at radius 2 is 2.00 bits per heavy atom. The molecule has 84 valence electrons. The molecule has 0 aliphatic carbocycles. The van der Waals surface area contributed by atoms with Crippen molar-refractivity contribution in [3.05, 3.63) is 36.2 Å². The van der Waals surface area contributed by atoms with E-state index in [-0.39, 0.29) is 5.75 Å². The Labute approximate surface area is 94.3 Å². The predicted molar refractivity (Wildman–Crippen MR) is 63.1 cm³/mol. The number of phenolic OH excluding ortho intramolecular Hbond substituents is 1. The van der Waals surface area contributed by atoms with Gasteiger partial charge in [0.2, 0.25) is 0 Å². The van der Waals surface area contributed by atoms with Crippen molar-refractivity contribution in [2.75, 3.05) is 6.54 Å². The average molecular weight is 217 g/mol. The lowest BCUT2D eigenvalue weighted by molar-refractivity contribution is 0.475. The third-order valence-corrected chi connectivity index (χ3v) is 2.62. The number of benzene rings is 1. The molecule has 3 N–H and O–H groups in total. The molecule has 0 aliphatic heterocycles. The van der Waals surface area contributed by atoms with Crippen LogP contribution in [0, 0.1) is 0 Å². The number of aromatic hydroxyl groups is 1. The standard InChI is InChI=1S/C12H15N3O/c1-15-12(6-7-13)11(8-14-15)9-2-4-10(16)5-3-9/h2-5,8,16H,6-7,13H2,1H3. The van der Waals surface area contributed by atoms with E-state index in [9.17, 15) is 5.11 Å². The van der Waals surface area contributed by atoms with Gasteiger partial charge in [0.1, 0.15) is 5.75 Å². The van der Waals surface area contributed by atoms with Crippen LogP contribution < -0.4 is 5.73 Å². The first kappa shape index (κ1) is 10.7. The summed E-state index contributed by atoms with van der Waals surface area (Å²) in [6.07, 6.45) is 2.63. The minimum absolute atomic E-state index is 0.271. The zero-order chi connectivity index (χ0) is 11.5. The topological polar surface area (TPSA) is 64.1 Å². The molecule has 2 rings (SSSR count). The largest absolute Gasteiger partial charge is 0.508 e. The van der Waals surface area contributed by atoms with Crippen molar-refractivity contribution in [3.8, 4) is 16.9 Å². The summed E-state index contributed by atoms with van der Waals surface area (Å²) < 4.78 is 1.84. The SMILES string of the molecule is Cn1ncc(-c2ccc(O)cc2)c1CCN. The molecule has 0 spiro atoms. The van der Waals surface area contributed by atoms with Crippen LogP contribution >= 0.6 is 0 Å². The van der Waals surface area contributed by atoms with Gasteiger partial charge in [0.15, 0.2) is 0 Å². The summed E-state index contributed by atoms with van der Waals surface area (Å²) in [5, 5.41) is 13.5. The van der Waals surface area contributed by atoms with Gasteiger partial charge in [0, 0.05) is 24.7 Å². The number of rotatable bonds is 3.